The summed E-state index contributed by atoms with van der Waals surface area (Å²) in [6.07, 6.45) is 5.28. The van der Waals surface area contributed by atoms with Crippen LogP contribution in [0.1, 0.15) is 25.3 Å². The number of allylic oxidation sites excluding steroid dienone is 1. The molecule has 138 valence electrons. The minimum atomic E-state index is -3.86. The van der Waals surface area contributed by atoms with E-state index < -0.39 is 25.0 Å². The predicted molar refractivity (Wildman–Crippen MR) is 106 cm³/mol. The molecule has 0 fully saturated rings. The number of amides is 1. The van der Waals surface area contributed by atoms with Gasteiger partial charge in [0.05, 0.1) is 0 Å². The maximum absolute atomic E-state index is 13.0. The van der Waals surface area contributed by atoms with Crippen molar-refractivity contribution >= 4 is 34.2 Å². The number of carbonyl (C=O) groups is 1. The van der Waals surface area contributed by atoms with Crippen LogP contribution < -0.4 is 4.46 Å². The maximum atomic E-state index is 13.0. The monoisotopic (exact) mass is 437 g/mol. The molecule has 1 amide bonds. The Bertz CT molecular complexity index is 846. The Labute approximate surface area is 162 Å². The van der Waals surface area contributed by atoms with Gasteiger partial charge in [-0.2, -0.15) is 0 Å². The zero-order chi connectivity index (χ0) is 19.0. The van der Waals surface area contributed by atoms with E-state index in [4.69, 9.17) is 0 Å². The van der Waals surface area contributed by atoms with Crippen molar-refractivity contribution in [3.63, 3.8) is 0 Å². The van der Waals surface area contributed by atoms with Crippen molar-refractivity contribution in [2.45, 2.75) is 31.6 Å². The third kappa shape index (κ3) is 5.56. The van der Waals surface area contributed by atoms with E-state index in [0.717, 1.165) is 20.8 Å². The average molecular weight is 436 g/mol. The van der Waals surface area contributed by atoms with Crippen LogP contribution in [0.4, 0.5) is 4.79 Å². The van der Waals surface area contributed by atoms with Crippen molar-refractivity contribution in [3.05, 3.63) is 72.3 Å². The zero-order valence-electron chi connectivity index (χ0n) is 15.0. The van der Waals surface area contributed by atoms with Crippen molar-refractivity contribution < 1.29 is 13.2 Å². The third-order valence-corrected chi connectivity index (χ3v) is 7.61. The number of carbonyl (C=O) groups excluding carboxylic acids is 1. The Balaban J connectivity index is 2.28. The molecule has 0 unspecified atom stereocenters. The molecule has 0 atom stereocenters. The molecule has 0 aromatic heterocycles. The molecule has 0 saturated heterocycles. The Hall–Kier alpha value is -1.88. The molecule has 0 N–H and O–H groups in total. The summed E-state index contributed by atoms with van der Waals surface area (Å²) in [7, 11) is -3.86. The second kappa shape index (κ2) is 9.72. The van der Waals surface area contributed by atoms with Crippen LogP contribution in [0.3, 0.4) is 0 Å². The van der Waals surface area contributed by atoms with Crippen LogP contribution in [0.2, 0.25) is 0 Å². The number of aryl methyl sites for hydroxylation is 1. The first-order valence-electron chi connectivity index (χ1n) is 8.46. The summed E-state index contributed by atoms with van der Waals surface area (Å²) in [6, 6.07) is 15.9. The minimum absolute atomic E-state index is 0.153. The fourth-order valence-electron chi connectivity index (χ4n) is 2.26. The van der Waals surface area contributed by atoms with Gasteiger partial charge in [-0.3, -0.25) is 0 Å². The van der Waals surface area contributed by atoms with Gasteiger partial charge in [-0.1, -0.05) is 0 Å². The number of hydrogen-bond acceptors (Lipinski definition) is 3. The van der Waals surface area contributed by atoms with E-state index in [1.807, 2.05) is 56.3 Å². The topological polar surface area (TPSA) is 54.5 Å². The van der Waals surface area contributed by atoms with Crippen molar-refractivity contribution in [2.75, 3.05) is 6.54 Å². The van der Waals surface area contributed by atoms with Crippen LogP contribution in [-0.2, 0) is 10.0 Å². The van der Waals surface area contributed by atoms with Gasteiger partial charge < -0.3 is 0 Å². The predicted octanol–water partition coefficient (Wildman–Crippen LogP) is 3.49. The molecule has 2 rings (SSSR count). The molecular formula is C20H23NO3SSe. The van der Waals surface area contributed by atoms with Gasteiger partial charge in [-0.15, -0.1) is 0 Å². The number of sulfonamides is 1. The summed E-state index contributed by atoms with van der Waals surface area (Å²) >= 11 is -0.590. The van der Waals surface area contributed by atoms with Crippen molar-refractivity contribution in [2.24, 2.45) is 0 Å². The standard InChI is InChI=1S/C20H23NO3SSe/c1-3-4-5-9-16-21(20(22)26-19-10-7-6-8-11-19)25(23,24)18-14-12-17(2)13-15-18/h4-8,10-15H,3,9,16H2,1-2H3/b5-4+. The molecule has 0 aliphatic carbocycles. The summed E-state index contributed by atoms with van der Waals surface area (Å²) in [6.45, 7) is 4.06. The first-order chi connectivity index (χ1) is 12.4. The first-order valence-corrected chi connectivity index (χ1v) is 11.6. The molecule has 0 bridgehead atoms. The van der Waals surface area contributed by atoms with Crippen LogP contribution in [0.5, 0.6) is 0 Å². The molecular weight excluding hydrogens is 413 g/mol. The van der Waals surface area contributed by atoms with E-state index in [-0.39, 0.29) is 16.2 Å². The molecule has 4 nitrogen and oxygen atoms in total. The SMILES string of the molecule is CC/C=C/CCN(C(=O)[Se]c1ccccc1)S(=O)(=O)c1ccc(C)cc1. The zero-order valence-corrected chi connectivity index (χ0v) is 17.5. The van der Waals surface area contributed by atoms with Gasteiger partial charge in [0.25, 0.3) is 0 Å². The van der Waals surface area contributed by atoms with E-state index in [2.05, 4.69) is 0 Å². The quantitative estimate of drug-likeness (QED) is 0.470. The van der Waals surface area contributed by atoms with E-state index in [9.17, 15) is 13.2 Å². The molecule has 0 saturated carbocycles. The normalized spacial score (nSPS) is 11.6. The Kier molecular flexibility index (Phi) is 7.64. The number of hydrogen-bond donors (Lipinski definition) is 0. The summed E-state index contributed by atoms with van der Waals surface area (Å²) < 4.78 is 28.0. The average Bonchev–Trinajstić information content (AvgIpc) is 2.62. The van der Waals surface area contributed by atoms with E-state index in [1.54, 1.807) is 24.3 Å². The number of nitrogens with zero attached hydrogens (tertiary/aromatic N) is 1. The molecule has 26 heavy (non-hydrogen) atoms. The van der Waals surface area contributed by atoms with Crippen LogP contribution in [-0.4, -0.2) is 39.0 Å². The van der Waals surface area contributed by atoms with Crippen molar-refractivity contribution in [1.29, 1.82) is 0 Å². The molecule has 0 aliphatic rings. The molecule has 0 aliphatic heterocycles. The van der Waals surface area contributed by atoms with Gasteiger partial charge in [-0.05, 0) is 0 Å². The van der Waals surface area contributed by atoms with Gasteiger partial charge in [-0.25, -0.2) is 0 Å². The number of rotatable bonds is 8. The van der Waals surface area contributed by atoms with Crippen molar-refractivity contribution in [1.82, 2.24) is 4.31 Å². The van der Waals surface area contributed by atoms with Crippen LogP contribution in [0.25, 0.3) is 0 Å². The Morgan fingerprint density at radius 2 is 1.69 bits per heavy atom. The summed E-state index contributed by atoms with van der Waals surface area (Å²) in [4.78, 5) is 12.6. The van der Waals surface area contributed by atoms with Gasteiger partial charge in [0, 0.05) is 0 Å². The summed E-state index contributed by atoms with van der Waals surface area (Å²) in [5.74, 6) is 0. The summed E-state index contributed by atoms with van der Waals surface area (Å²) in [5.41, 5.74) is 0.973. The van der Waals surface area contributed by atoms with Gasteiger partial charge in [0.2, 0.25) is 0 Å². The first kappa shape index (κ1) is 20.4. The van der Waals surface area contributed by atoms with Gasteiger partial charge >= 0.3 is 162 Å². The molecule has 0 radical (unpaired) electrons. The Morgan fingerprint density at radius 1 is 1.04 bits per heavy atom. The second-order valence-corrected chi connectivity index (χ2v) is 9.75. The second-order valence-electron chi connectivity index (χ2n) is 5.74. The van der Waals surface area contributed by atoms with Gasteiger partial charge in [0.15, 0.2) is 0 Å². The fraction of sp³-hybridized carbons (Fsp3) is 0.250. The van der Waals surface area contributed by atoms with Crippen molar-refractivity contribution in [3.8, 4) is 0 Å². The van der Waals surface area contributed by atoms with Crippen LogP contribution >= 0.6 is 0 Å². The Morgan fingerprint density at radius 3 is 2.31 bits per heavy atom. The molecule has 0 spiro atoms. The number of benzene rings is 2. The van der Waals surface area contributed by atoms with E-state index in [1.165, 1.54) is 0 Å². The van der Waals surface area contributed by atoms with Crippen LogP contribution in [0.15, 0.2) is 71.6 Å². The molecule has 6 heteroatoms. The summed E-state index contributed by atoms with van der Waals surface area (Å²) in [5, 5.41) is 0. The third-order valence-electron chi connectivity index (χ3n) is 3.66. The molecule has 2 aromatic rings. The van der Waals surface area contributed by atoms with E-state index >= 15 is 0 Å². The van der Waals surface area contributed by atoms with Gasteiger partial charge in [0.1, 0.15) is 0 Å². The molecule has 0 heterocycles. The van der Waals surface area contributed by atoms with Crippen LogP contribution in [0, 0.1) is 6.92 Å². The van der Waals surface area contributed by atoms with E-state index in [0.29, 0.717) is 6.42 Å². The fourth-order valence-corrected chi connectivity index (χ4v) is 5.79. The molecule has 2 aromatic carbocycles.